The molecule has 0 aromatic heterocycles. The number of hydrogen-bond acceptors (Lipinski definition) is 5. The molecule has 2 amide bonds. The van der Waals surface area contributed by atoms with E-state index in [-0.39, 0.29) is 18.4 Å². The summed E-state index contributed by atoms with van der Waals surface area (Å²) in [5.41, 5.74) is 1.13. The number of carbonyl (C=O) groups is 3. The summed E-state index contributed by atoms with van der Waals surface area (Å²) >= 11 is 0. The van der Waals surface area contributed by atoms with Gasteiger partial charge in [-0.1, -0.05) is 67.1 Å². The Hall–Kier alpha value is -3.19. The molecule has 0 spiro atoms. The monoisotopic (exact) mass is 479 g/mol. The molecule has 2 aromatic carbocycles. The molecule has 35 heavy (non-hydrogen) atoms. The van der Waals surface area contributed by atoms with E-state index in [0.29, 0.717) is 6.42 Å². The summed E-state index contributed by atoms with van der Waals surface area (Å²) in [5.74, 6) is -1.11. The number of carbonyl (C=O) groups excluding carboxylic acids is 3. The topological polar surface area (TPSA) is 96.5 Å². The maximum Gasteiger partial charge on any atom is 0.329 e. The second-order valence-electron chi connectivity index (χ2n) is 10.0. The molecule has 1 fully saturated rings. The van der Waals surface area contributed by atoms with E-state index in [1.165, 1.54) is 0 Å². The molecular weight excluding hydrogens is 442 g/mol. The molecule has 0 aliphatic carbocycles. The highest BCUT2D eigenvalue weighted by atomic mass is 16.6. The van der Waals surface area contributed by atoms with E-state index in [0.717, 1.165) is 36.9 Å². The Morgan fingerprint density at radius 3 is 1.97 bits per heavy atom. The van der Waals surface area contributed by atoms with Crippen molar-refractivity contribution < 1.29 is 19.1 Å². The van der Waals surface area contributed by atoms with Gasteiger partial charge in [0.25, 0.3) is 0 Å². The van der Waals surface area contributed by atoms with Crippen LogP contribution in [-0.4, -0.2) is 48.1 Å². The first-order valence-corrected chi connectivity index (χ1v) is 12.4. The van der Waals surface area contributed by atoms with Gasteiger partial charge in [0.15, 0.2) is 0 Å². The van der Waals surface area contributed by atoms with Gasteiger partial charge in [0, 0.05) is 12.8 Å². The zero-order valence-corrected chi connectivity index (χ0v) is 20.9. The van der Waals surface area contributed by atoms with E-state index in [4.69, 9.17) is 4.74 Å². The van der Waals surface area contributed by atoms with E-state index in [1.54, 1.807) is 20.8 Å². The Balaban J connectivity index is 1.78. The zero-order valence-electron chi connectivity index (χ0n) is 20.9. The van der Waals surface area contributed by atoms with Crippen molar-refractivity contribution in [3.63, 3.8) is 0 Å². The summed E-state index contributed by atoms with van der Waals surface area (Å²) in [7, 11) is 0. The first kappa shape index (κ1) is 26.4. The van der Waals surface area contributed by atoms with Crippen LogP contribution in [-0.2, 0) is 32.0 Å². The van der Waals surface area contributed by atoms with Gasteiger partial charge in [-0.15, -0.1) is 0 Å². The maximum atomic E-state index is 13.5. The molecule has 0 bridgehead atoms. The number of benzene rings is 2. The van der Waals surface area contributed by atoms with E-state index in [2.05, 4.69) is 16.0 Å². The fourth-order valence-corrected chi connectivity index (χ4v) is 4.10. The van der Waals surface area contributed by atoms with Gasteiger partial charge in [0.1, 0.15) is 17.7 Å². The minimum atomic E-state index is -0.882. The highest BCUT2D eigenvalue weighted by molar-refractivity contribution is 5.92. The molecule has 1 aliphatic heterocycles. The molecule has 7 heteroatoms. The Bertz CT molecular complexity index is 967. The number of piperidine rings is 1. The summed E-state index contributed by atoms with van der Waals surface area (Å²) in [6, 6.07) is 17.0. The molecule has 0 saturated carbocycles. The van der Waals surface area contributed by atoms with Crippen molar-refractivity contribution in [1.29, 1.82) is 0 Å². The molecule has 3 N–H and O–H groups in total. The molecule has 1 aliphatic rings. The SMILES string of the molecule is CC(C)(C)OC(=O)[C@H](Cc1ccccc1)NC(=O)[C@H](Cc1ccccc1)NC(=O)[C@@H]1CCCCN1. The molecule has 1 saturated heterocycles. The van der Waals surface area contributed by atoms with E-state index >= 15 is 0 Å². The summed E-state index contributed by atoms with van der Waals surface area (Å²) in [6.07, 6.45) is 3.35. The number of ether oxygens (including phenoxy) is 1. The second kappa shape index (κ2) is 12.5. The van der Waals surface area contributed by atoms with Crippen LogP contribution in [0.25, 0.3) is 0 Å². The lowest BCUT2D eigenvalue weighted by Gasteiger charge is -2.28. The molecular formula is C28H37N3O4. The Morgan fingerprint density at radius 2 is 1.46 bits per heavy atom. The lowest BCUT2D eigenvalue weighted by molar-refractivity contribution is -0.158. The fraction of sp³-hybridized carbons (Fsp3) is 0.464. The molecule has 7 nitrogen and oxygen atoms in total. The van der Waals surface area contributed by atoms with Gasteiger partial charge in [-0.2, -0.15) is 0 Å². The number of amides is 2. The van der Waals surface area contributed by atoms with Crippen LogP contribution in [0.15, 0.2) is 60.7 Å². The van der Waals surface area contributed by atoms with Crippen molar-refractivity contribution in [2.75, 3.05) is 6.54 Å². The normalized spacial score (nSPS) is 17.6. The minimum Gasteiger partial charge on any atom is -0.458 e. The first-order chi connectivity index (χ1) is 16.7. The average molecular weight is 480 g/mol. The summed E-state index contributed by atoms with van der Waals surface area (Å²) in [4.78, 5) is 39.5. The van der Waals surface area contributed by atoms with Gasteiger partial charge in [-0.05, 0) is 51.3 Å². The molecule has 2 aromatic rings. The highest BCUT2D eigenvalue weighted by Crippen LogP contribution is 2.13. The maximum absolute atomic E-state index is 13.5. The van der Waals surface area contributed by atoms with Crippen LogP contribution in [0.1, 0.15) is 51.2 Å². The number of nitrogens with one attached hydrogen (secondary N) is 3. The van der Waals surface area contributed by atoms with E-state index in [1.807, 2.05) is 60.7 Å². The van der Waals surface area contributed by atoms with Crippen molar-refractivity contribution in [1.82, 2.24) is 16.0 Å². The van der Waals surface area contributed by atoms with E-state index < -0.39 is 29.6 Å². The van der Waals surface area contributed by atoms with Crippen LogP contribution in [0, 0.1) is 0 Å². The fourth-order valence-electron chi connectivity index (χ4n) is 4.10. The number of rotatable bonds is 9. The zero-order chi connectivity index (χ0) is 25.3. The van der Waals surface area contributed by atoms with Crippen LogP contribution in [0.3, 0.4) is 0 Å². The van der Waals surface area contributed by atoms with Crippen molar-refractivity contribution in [2.45, 2.75) is 76.6 Å². The van der Waals surface area contributed by atoms with Gasteiger partial charge in [-0.3, -0.25) is 9.59 Å². The van der Waals surface area contributed by atoms with Crippen molar-refractivity contribution in [3.8, 4) is 0 Å². The summed E-state index contributed by atoms with van der Waals surface area (Å²) in [5, 5.41) is 9.02. The third-order valence-corrected chi connectivity index (χ3v) is 5.83. The van der Waals surface area contributed by atoms with Crippen LogP contribution in [0.2, 0.25) is 0 Å². The van der Waals surface area contributed by atoms with Gasteiger partial charge >= 0.3 is 5.97 Å². The Labute approximate surface area is 208 Å². The predicted octanol–water partition coefficient (Wildman–Crippen LogP) is 2.93. The average Bonchev–Trinajstić information content (AvgIpc) is 2.84. The lowest BCUT2D eigenvalue weighted by Crippen LogP contribution is -2.57. The first-order valence-electron chi connectivity index (χ1n) is 12.4. The molecule has 0 unspecified atom stereocenters. The van der Waals surface area contributed by atoms with Crippen LogP contribution in [0.5, 0.6) is 0 Å². The van der Waals surface area contributed by atoms with Crippen molar-refractivity contribution >= 4 is 17.8 Å². The summed E-state index contributed by atoms with van der Waals surface area (Å²) < 4.78 is 5.60. The Morgan fingerprint density at radius 1 is 0.886 bits per heavy atom. The Kier molecular flexibility index (Phi) is 9.43. The number of hydrogen-bond donors (Lipinski definition) is 3. The van der Waals surface area contributed by atoms with Gasteiger partial charge in [-0.25, -0.2) is 4.79 Å². The molecule has 3 atom stereocenters. The molecule has 188 valence electrons. The third kappa shape index (κ3) is 8.83. The summed E-state index contributed by atoms with van der Waals surface area (Å²) in [6.45, 7) is 6.16. The largest absolute Gasteiger partial charge is 0.458 e. The second-order valence-corrected chi connectivity index (χ2v) is 10.0. The predicted molar refractivity (Wildman–Crippen MR) is 136 cm³/mol. The molecule has 0 radical (unpaired) electrons. The van der Waals surface area contributed by atoms with Gasteiger partial charge in [0.05, 0.1) is 6.04 Å². The van der Waals surface area contributed by atoms with E-state index in [9.17, 15) is 14.4 Å². The smallest absolute Gasteiger partial charge is 0.329 e. The third-order valence-electron chi connectivity index (χ3n) is 5.83. The molecule has 1 heterocycles. The van der Waals surface area contributed by atoms with Crippen molar-refractivity contribution in [3.05, 3.63) is 71.8 Å². The quantitative estimate of drug-likeness (QED) is 0.481. The molecule has 3 rings (SSSR count). The van der Waals surface area contributed by atoms with Crippen molar-refractivity contribution in [2.24, 2.45) is 0 Å². The van der Waals surface area contributed by atoms with Gasteiger partial charge in [0.2, 0.25) is 11.8 Å². The minimum absolute atomic E-state index is 0.197. The van der Waals surface area contributed by atoms with Gasteiger partial charge < -0.3 is 20.7 Å². The van der Waals surface area contributed by atoms with Crippen LogP contribution in [0.4, 0.5) is 0 Å². The highest BCUT2D eigenvalue weighted by Gasteiger charge is 2.31. The van der Waals surface area contributed by atoms with Crippen LogP contribution < -0.4 is 16.0 Å². The van der Waals surface area contributed by atoms with Crippen LogP contribution >= 0.6 is 0 Å². The lowest BCUT2D eigenvalue weighted by atomic mass is 10.0. The standard InChI is InChI=1S/C28H37N3O4/c1-28(2,3)35-27(34)24(19-21-14-8-5-9-15-21)31-26(33)23(18-20-12-6-4-7-13-20)30-25(32)22-16-10-11-17-29-22/h4-9,12-15,22-24,29H,10-11,16-19H2,1-3H3,(H,30,32)(H,31,33)/t22-,23-,24-/m0/s1. The number of esters is 1.